The third kappa shape index (κ3) is 7.76. The molecule has 0 unspecified atom stereocenters. The van der Waals surface area contributed by atoms with Crippen molar-refractivity contribution in [2.45, 2.75) is 52.6 Å². The van der Waals surface area contributed by atoms with Gasteiger partial charge in [0, 0.05) is 46.3 Å². The number of rotatable bonds is 12. The van der Waals surface area contributed by atoms with Crippen LogP contribution >= 0.6 is 0 Å². The maximum Gasteiger partial charge on any atom is 0.336 e. The van der Waals surface area contributed by atoms with E-state index in [0.717, 1.165) is 27.9 Å². The first-order valence-electron chi connectivity index (χ1n) is 16.6. The third-order valence-electron chi connectivity index (χ3n) is 8.95. The monoisotopic (exact) mass is 706 g/mol. The quantitative estimate of drug-likeness (QED) is 0.0809. The summed E-state index contributed by atoms with van der Waals surface area (Å²) in [6.45, 7) is 4.80. The van der Waals surface area contributed by atoms with Crippen molar-refractivity contribution in [2.24, 2.45) is 0 Å². The zero-order valence-electron chi connectivity index (χ0n) is 28.5. The van der Waals surface area contributed by atoms with Crippen LogP contribution in [0.2, 0.25) is 0 Å². The molecular weight excluding hydrogens is 668 g/mol. The Morgan fingerprint density at radius 1 is 0.577 bits per heavy atom. The minimum atomic E-state index is -1.08. The molecular formula is C40H38N2O10. The number of nitrogens with zero attached hydrogens (tertiary/aromatic N) is 2. The van der Waals surface area contributed by atoms with E-state index in [4.69, 9.17) is 0 Å². The number of hydrogen-bond acceptors (Lipinski definition) is 6. The van der Waals surface area contributed by atoms with Crippen molar-refractivity contribution in [1.82, 2.24) is 9.13 Å². The van der Waals surface area contributed by atoms with Gasteiger partial charge < -0.3 is 39.8 Å². The van der Waals surface area contributed by atoms with Crippen molar-refractivity contribution in [1.29, 1.82) is 0 Å². The van der Waals surface area contributed by atoms with Crippen LogP contribution in [0.1, 0.15) is 68.2 Å². The minimum absolute atomic E-state index is 0.109. The van der Waals surface area contributed by atoms with Crippen LogP contribution in [0.5, 0.6) is 11.5 Å². The fraction of sp³-hybridized carbons (Fsp3) is 0.200. The zero-order chi connectivity index (χ0) is 37.7. The highest BCUT2D eigenvalue weighted by Crippen LogP contribution is 2.32. The molecule has 0 radical (unpaired) electrons. The number of carbonyl (C=O) groups is 4. The van der Waals surface area contributed by atoms with Crippen LogP contribution in [-0.4, -0.2) is 63.7 Å². The lowest BCUT2D eigenvalue weighted by atomic mass is 10.0. The molecule has 12 nitrogen and oxygen atoms in total. The Balaban J connectivity index is 0.000000201. The second-order valence-corrected chi connectivity index (χ2v) is 12.2. The molecule has 2 aromatic heterocycles. The third-order valence-corrected chi connectivity index (χ3v) is 8.95. The molecule has 2 heterocycles. The van der Waals surface area contributed by atoms with E-state index in [1.807, 2.05) is 29.0 Å². The van der Waals surface area contributed by atoms with Gasteiger partial charge in [-0.2, -0.15) is 0 Å². The van der Waals surface area contributed by atoms with E-state index >= 15 is 0 Å². The highest BCUT2D eigenvalue weighted by Gasteiger charge is 2.23. The van der Waals surface area contributed by atoms with Gasteiger partial charge in [-0.3, -0.25) is 9.59 Å². The number of aromatic carboxylic acids is 2. The lowest BCUT2D eigenvalue weighted by Crippen LogP contribution is -2.07. The molecule has 0 aliphatic heterocycles. The van der Waals surface area contributed by atoms with Gasteiger partial charge in [0.2, 0.25) is 0 Å². The van der Waals surface area contributed by atoms with E-state index in [1.54, 1.807) is 66.7 Å². The number of benzene rings is 4. The molecule has 0 atom stereocenters. The molecule has 0 bridgehead atoms. The Kier molecular flexibility index (Phi) is 11.0. The Labute approximate surface area is 298 Å². The lowest BCUT2D eigenvalue weighted by molar-refractivity contribution is -0.137. The summed E-state index contributed by atoms with van der Waals surface area (Å²) in [5.41, 5.74) is 6.47. The SMILES string of the molecule is CCc1c(CC(=O)O)c2c(C(=O)O)cccc2n1Cc1ccc(O)cc1.CCc1c(CC(=O)O)c2ccc(C(=O)O)cc2n1Cc1ccc(O)cc1. The summed E-state index contributed by atoms with van der Waals surface area (Å²) in [5, 5.41) is 57.6. The molecule has 0 aliphatic carbocycles. The number of phenolic OH excluding ortho intramolecular Hbond substituents is 2. The fourth-order valence-electron chi connectivity index (χ4n) is 6.75. The smallest absolute Gasteiger partial charge is 0.336 e. The number of fused-ring (bicyclic) bond motifs is 2. The van der Waals surface area contributed by atoms with Crippen LogP contribution in [0.25, 0.3) is 21.8 Å². The number of carboxylic acid groups (broad SMARTS) is 4. The highest BCUT2D eigenvalue weighted by molar-refractivity contribution is 6.06. The molecule has 0 spiro atoms. The first kappa shape index (κ1) is 36.7. The molecule has 6 N–H and O–H groups in total. The number of phenols is 2. The highest BCUT2D eigenvalue weighted by atomic mass is 16.4. The number of aliphatic carboxylic acids is 2. The molecule has 6 rings (SSSR count). The summed E-state index contributed by atoms with van der Waals surface area (Å²) in [4.78, 5) is 45.7. The fourth-order valence-corrected chi connectivity index (χ4v) is 6.75. The van der Waals surface area contributed by atoms with Crippen LogP contribution < -0.4 is 0 Å². The standard InChI is InChI=1S/2C20H19NO5/c1-2-17-16(10-19(23)24)15-8-5-13(20(25)26)9-18(15)21(17)11-12-3-6-14(22)7-4-12;1-2-16-15(10-18(23)24)19-14(20(25)26)4-3-5-17(19)21(16)11-12-6-8-13(22)9-7-12/h2*3-9,22H,2,10-11H2,1H3,(H,23,24)(H,25,26). The number of aromatic nitrogens is 2. The van der Waals surface area contributed by atoms with Crippen molar-refractivity contribution < 1.29 is 49.8 Å². The number of carboxylic acids is 4. The van der Waals surface area contributed by atoms with E-state index in [2.05, 4.69) is 0 Å². The Morgan fingerprint density at radius 2 is 1.08 bits per heavy atom. The molecule has 6 aromatic rings. The first-order chi connectivity index (χ1) is 24.8. The summed E-state index contributed by atoms with van der Waals surface area (Å²) in [5.74, 6) is -3.69. The molecule has 4 aromatic carbocycles. The molecule has 0 aliphatic rings. The topological polar surface area (TPSA) is 200 Å². The van der Waals surface area contributed by atoms with E-state index < -0.39 is 23.9 Å². The molecule has 0 saturated carbocycles. The van der Waals surface area contributed by atoms with E-state index in [0.29, 0.717) is 53.5 Å². The summed E-state index contributed by atoms with van der Waals surface area (Å²) in [7, 11) is 0. The number of aromatic hydroxyl groups is 2. The van der Waals surface area contributed by atoms with Gasteiger partial charge >= 0.3 is 23.9 Å². The second kappa shape index (κ2) is 15.5. The van der Waals surface area contributed by atoms with Gasteiger partial charge in [-0.25, -0.2) is 9.59 Å². The summed E-state index contributed by atoms with van der Waals surface area (Å²) in [6, 6.07) is 23.3. The van der Waals surface area contributed by atoms with Gasteiger partial charge in [0.25, 0.3) is 0 Å². The zero-order valence-corrected chi connectivity index (χ0v) is 28.5. The molecule has 0 fully saturated rings. The van der Waals surface area contributed by atoms with Crippen molar-refractivity contribution >= 4 is 45.7 Å². The van der Waals surface area contributed by atoms with E-state index in [1.165, 1.54) is 12.1 Å². The normalized spacial score (nSPS) is 11.0. The summed E-state index contributed by atoms with van der Waals surface area (Å²) < 4.78 is 3.93. The van der Waals surface area contributed by atoms with Crippen molar-refractivity contribution in [3.8, 4) is 11.5 Å². The summed E-state index contributed by atoms with van der Waals surface area (Å²) >= 11 is 0. The van der Waals surface area contributed by atoms with Crippen LogP contribution in [0.4, 0.5) is 0 Å². The molecule has 0 saturated heterocycles. The Hall–Kier alpha value is -6.56. The van der Waals surface area contributed by atoms with Gasteiger partial charge in [-0.05, 0) is 83.6 Å². The maximum atomic E-state index is 11.7. The maximum absolute atomic E-state index is 11.7. The van der Waals surface area contributed by atoms with Crippen LogP contribution in [0.3, 0.4) is 0 Å². The Bertz CT molecular complexity index is 2250. The molecule has 52 heavy (non-hydrogen) atoms. The molecule has 0 amide bonds. The first-order valence-corrected chi connectivity index (χ1v) is 16.6. The van der Waals surface area contributed by atoms with Crippen LogP contribution in [-0.2, 0) is 48.4 Å². The largest absolute Gasteiger partial charge is 0.508 e. The van der Waals surface area contributed by atoms with Crippen LogP contribution in [0.15, 0.2) is 84.9 Å². The van der Waals surface area contributed by atoms with Gasteiger partial charge in [-0.1, -0.05) is 50.2 Å². The van der Waals surface area contributed by atoms with E-state index in [9.17, 15) is 49.8 Å². The van der Waals surface area contributed by atoms with Gasteiger partial charge in [0.1, 0.15) is 11.5 Å². The summed E-state index contributed by atoms with van der Waals surface area (Å²) in [6.07, 6.45) is 0.855. The predicted octanol–water partition coefficient (Wildman–Crippen LogP) is 6.57. The minimum Gasteiger partial charge on any atom is -0.508 e. The predicted molar refractivity (Wildman–Crippen MR) is 194 cm³/mol. The van der Waals surface area contributed by atoms with Gasteiger partial charge in [0.15, 0.2) is 0 Å². The van der Waals surface area contributed by atoms with Crippen molar-refractivity contribution in [3.63, 3.8) is 0 Å². The average molecular weight is 707 g/mol. The average Bonchev–Trinajstić information content (AvgIpc) is 3.56. The van der Waals surface area contributed by atoms with Gasteiger partial charge in [-0.15, -0.1) is 0 Å². The molecule has 268 valence electrons. The molecule has 12 heteroatoms. The van der Waals surface area contributed by atoms with Gasteiger partial charge in [0.05, 0.1) is 24.0 Å². The van der Waals surface area contributed by atoms with Crippen molar-refractivity contribution in [3.05, 3.63) is 130 Å². The number of hydrogen-bond donors (Lipinski definition) is 6. The van der Waals surface area contributed by atoms with E-state index in [-0.39, 0.29) is 35.5 Å². The van der Waals surface area contributed by atoms with Crippen LogP contribution in [0, 0.1) is 0 Å². The van der Waals surface area contributed by atoms with Crippen molar-refractivity contribution in [2.75, 3.05) is 0 Å². The lowest BCUT2D eigenvalue weighted by Gasteiger charge is -2.11. The Morgan fingerprint density at radius 3 is 1.56 bits per heavy atom. The second-order valence-electron chi connectivity index (χ2n) is 12.2.